The summed E-state index contributed by atoms with van der Waals surface area (Å²) in [6, 6.07) is 1.70. The maximum absolute atomic E-state index is 10.0. The lowest BCUT2D eigenvalue weighted by Gasteiger charge is -2.22. The number of β-amino-alcohol motifs (C(OH)–C–C–N with tert-alkyl or cyclic N) is 1. The summed E-state index contributed by atoms with van der Waals surface area (Å²) in [5, 5.41) is 14.3. The third-order valence-electron chi connectivity index (χ3n) is 3.20. The van der Waals surface area contributed by atoms with E-state index < -0.39 is 5.60 Å². The molecule has 0 aliphatic carbocycles. The second-order valence-corrected chi connectivity index (χ2v) is 6.03. The average molecular weight is 304 g/mol. The molecular weight excluding hydrogens is 285 g/mol. The Bertz CT molecular complexity index is 465. The van der Waals surface area contributed by atoms with Crippen molar-refractivity contribution in [2.75, 3.05) is 29.9 Å². The van der Waals surface area contributed by atoms with Gasteiger partial charge in [-0.15, -0.1) is 0 Å². The number of hydrogen-bond donors (Lipinski definition) is 2. The smallest absolute Gasteiger partial charge is 0.150 e. The molecule has 106 valence electrons. The summed E-state index contributed by atoms with van der Waals surface area (Å²) in [7, 11) is 0. The lowest BCUT2D eigenvalue weighted by atomic mass is 10.1. The molecule has 1 atom stereocenters. The molecule has 2 heterocycles. The number of pyridine rings is 1. The van der Waals surface area contributed by atoms with Crippen LogP contribution in [0.2, 0.25) is 10.0 Å². The molecule has 2 rings (SSSR count). The molecule has 6 heteroatoms. The minimum atomic E-state index is -0.679. The number of halogens is 2. The Balaban J connectivity index is 2.25. The van der Waals surface area contributed by atoms with E-state index in [1.54, 1.807) is 6.07 Å². The van der Waals surface area contributed by atoms with Crippen LogP contribution in [0.25, 0.3) is 0 Å². The van der Waals surface area contributed by atoms with Crippen LogP contribution in [0, 0.1) is 0 Å². The molecule has 1 saturated heterocycles. The Kier molecular flexibility index (Phi) is 4.43. The molecule has 4 nitrogen and oxygen atoms in total. The van der Waals surface area contributed by atoms with Gasteiger partial charge in [-0.2, -0.15) is 0 Å². The number of aliphatic hydroxyl groups is 1. The van der Waals surface area contributed by atoms with E-state index in [2.05, 4.69) is 17.2 Å². The quantitative estimate of drug-likeness (QED) is 0.897. The number of hydrogen-bond acceptors (Lipinski definition) is 4. The summed E-state index contributed by atoms with van der Waals surface area (Å²) in [6.07, 6.45) is 1.71. The second-order valence-electron chi connectivity index (χ2n) is 5.22. The van der Waals surface area contributed by atoms with Crippen LogP contribution in [0.5, 0.6) is 0 Å². The van der Waals surface area contributed by atoms with Gasteiger partial charge < -0.3 is 15.3 Å². The topological polar surface area (TPSA) is 48.4 Å². The van der Waals surface area contributed by atoms with Gasteiger partial charge >= 0.3 is 0 Å². The van der Waals surface area contributed by atoms with Crippen LogP contribution < -0.4 is 10.2 Å². The molecule has 1 aliphatic rings. The third kappa shape index (κ3) is 3.44. The highest BCUT2D eigenvalue weighted by atomic mass is 35.5. The molecule has 0 amide bonds. The first kappa shape index (κ1) is 14.7. The third-order valence-corrected chi connectivity index (χ3v) is 3.77. The van der Waals surface area contributed by atoms with Gasteiger partial charge in [-0.05, 0) is 25.8 Å². The van der Waals surface area contributed by atoms with E-state index in [1.165, 1.54) is 0 Å². The first-order chi connectivity index (χ1) is 8.93. The zero-order valence-electron chi connectivity index (χ0n) is 11.2. The van der Waals surface area contributed by atoms with E-state index in [1.807, 2.05) is 11.8 Å². The molecular formula is C13H19Cl2N3O. The highest BCUT2D eigenvalue weighted by molar-refractivity contribution is 6.37. The minimum absolute atomic E-state index is 0.518. The summed E-state index contributed by atoms with van der Waals surface area (Å²) in [4.78, 5) is 6.49. The van der Waals surface area contributed by atoms with Crippen LogP contribution in [0.3, 0.4) is 0 Å². The van der Waals surface area contributed by atoms with Crippen molar-refractivity contribution in [2.24, 2.45) is 0 Å². The Labute approximate surface area is 123 Å². The fourth-order valence-corrected chi connectivity index (χ4v) is 2.72. The van der Waals surface area contributed by atoms with E-state index >= 15 is 0 Å². The van der Waals surface area contributed by atoms with Gasteiger partial charge in [0.1, 0.15) is 11.6 Å². The molecule has 19 heavy (non-hydrogen) atoms. The van der Waals surface area contributed by atoms with Crippen LogP contribution in [0.1, 0.15) is 26.7 Å². The van der Waals surface area contributed by atoms with Crippen molar-refractivity contribution < 1.29 is 5.11 Å². The molecule has 1 aromatic rings. The number of rotatable bonds is 4. The van der Waals surface area contributed by atoms with Crippen molar-refractivity contribution in [1.29, 1.82) is 0 Å². The highest BCUT2D eigenvalue weighted by Gasteiger charge is 2.33. The van der Waals surface area contributed by atoms with Crippen LogP contribution in [-0.2, 0) is 0 Å². The van der Waals surface area contributed by atoms with Gasteiger partial charge in [0.2, 0.25) is 0 Å². The standard InChI is InChI=1S/C13H19Cl2N3O/c1-3-5-16-11-9(14)7-10(15)12(17-11)18-6-4-13(2,19)8-18/h7,19H,3-6,8H2,1-2H3,(H,16,17). The zero-order chi connectivity index (χ0) is 14.0. The van der Waals surface area contributed by atoms with Crippen molar-refractivity contribution in [1.82, 2.24) is 4.98 Å². The summed E-state index contributed by atoms with van der Waals surface area (Å²) >= 11 is 12.3. The molecule has 1 aromatic heterocycles. The lowest BCUT2D eigenvalue weighted by Crippen LogP contribution is -2.30. The molecule has 0 spiro atoms. The SMILES string of the molecule is CCCNc1nc(N2CCC(C)(O)C2)c(Cl)cc1Cl. The van der Waals surface area contributed by atoms with E-state index in [4.69, 9.17) is 23.2 Å². The van der Waals surface area contributed by atoms with Crippen molar-refractivity contribution in [3.05, 3.63) is 16.1 Å². The first-order valence-corrected chi connectivity index (χ1v) is 7.26. The Morgan fingerprint density at radius 3 is 2.79 bits per heavy atom. The monoisotopic (exact) mass is 303 g/mol. The molecule has 1 fully saturated rings. The molecule has 0 saturated carbocycles. The molecule has 1 aliphatic heterocycles. The van der Waals surface area contributed by atoms with Gasteiger partial charge in [0, 0.05) is 19.6 Å². The fourth-order valence-electron chi connectivity index (χ4n) is 2.17. The summed E-state index contributed by atoms with van der Waals surface area (Å²) in [5.41, 5.74) is -0.679. The highest BCUT2D eigenvalue weighted by Crippen LogP contribution is 2.34. The number of nitrogens with zero attached hydrogens (tertiary/aromatic N) is 2. The number of nitrogens with one attached hydrogen (secondary N) is 1. The van der Waals surface area contributed by atoms with Gasteiger partial charge in [0.15, 0.2) is 0 Å². The van der Waals surface area contributed by atoms with E-state index in [-0.39, 0.29) is 0 Å². The first-order valence-electron chi connectivity index (χ1n) is 6.50. The van der Waals surface area contributed by atoms with Crippen molar-refractivity contribution >= 4 is 34.8 Å². The number of aromatic nitrogens is 1. The predicted octanol–water partition coefficient (Wildman–Crippen LogP) is 3.17. The summed E-state index contributed by atoms with van der Waals surface area (Å²) < 4.78 is 0. The van der Waals surface area contributed by atoms with Gasteiger partial charge in [-0.1, -0.05) is 30.1 Å². The van der Waals surface area contributed by atoms with Crippen molar-refractivity contribution in [3.63, 3.8) is 0 Å². The van der Waals surface area contributed by atoms with Crippen molar-refractivity contribution in [2.45, 2.75) is 32.3 Å². The molecule has 0 bridgehead atoms. The Morgan fingerprint density at radius 2 is 2.21 bits per heavy atom. The summed E-state index contributed by atoms with van der Waals surface area (Å²) in [6.45, 7) is 6.00. The zero-order valence-corrected chi connectivity index (χ0v) is 12.7. The van der Waals surface area contributed by atoms with Gasteiger partial charge in [-0.25, -0.2) is 4.98 Å². The van der Waals surface area contributed by atoms with Crippen LogP contribution in [-0.4, -0.2) is 35.3 Å². The normalized spacial score (nSPS) is 22.9. The van der Waals surface area contributed by atoms with Crippen LogP contribution >= 0.6 is 23.2 Å². The minimum Gasteiger partial charge on any atom is -0.388 e. The molecule has 0 radical (unpaired) electrons. The molecule has 1 unspecified atom stereocenters. The lowest BCUT2D eigenvalue weighted by molar-refractivity contribution is 0.0839. The van der Waals surface area contributed by atoms with Crippen molar-refractivity contribution in [3.8, 4) is 0 Å². The van der Waals surface area contributed by atoms with E-state index in [0.717, 1.165) is 19.5 Å². The molecule has 2 N–H and O–H groups in total. The fraction of sp³-hybridized carbons (Fsp3) is 0.615. The van der Waals surface area contributed by atoms with Crippen LogP contribution in [0.4, 0.5) is 11.6 Å². The van der Waals surface area contributed by atoms with Gasteiger partial charge in [0.25, 0.3) is 0 Å². The van der Waals surface area contributed by atoms with Gasteiger partial charge in [0.05, 0.1) is 15.6 Å². The Hall–Kier alpha value is -0.710. The Morgan fingerprint density at radius 1 is 1.47 bits per heavy atom. The summed E-state index contributed by atoms with van der Waals surface area (Å²) in [5.74, 6) is 1.33. The van der Waals surface area contributed by atoms with E-state index in [9.17, 15) is 5.11 Å². The largest absolute Gasteiger partial charge is 0.388 e. The average Bonchev–Trinajstić information content (AvgIpc) is 2.68. The molecule has 0 aromatic carbocycles. The van der Waals surface area contributed by atoms with Gasteiger partial charge in [-0.3, -0.25) is 0 Å². The van der Waals surface area contributed by atoms with Crippen LogP contribution in [0.15, 0.2) is 6.07 Å². The van der Waals surface area contributed by atoms with E-state index in [0.29, 0.717) is 34.6 Å². The second kappa shape index (κ2) is 5.73. The maximum atomic E-state index is 10.0. The number of anilines is 2. The predicted molar refractivity (Wildman–Crippen MR) is 80.5 cm³/mol. The maximum Gasteiger partial charge on any atom is 0.150 e.